The molecule has 5 heteroatoms. The molecule has 4 nitrogen and oxygen atoms in total. The third-order valence-corrected chi connectivity index (χ3v) is 2.27. The molecule has 0 aromatic carbocycles. The monoisotopic (exact) mass is 285 g/mol. The fraction of sp³-hybridized carbons (Fsp3) is 0.364. The van der Waals surface area contributed by atoms with E-state index >= 15 is 0 Å². The number of hydrogen-bond donors (Lipinski definition) is 0. The Morgan fingerprint density at radius 2 is 2.19 bits per heavy atom. The lowest BCUT2D eigenvalue weighted by atomic mass is 10.1. The first kappa shape index (κ1) is 12.8. The number of ether oxygens (including phenoxy) is 1. The van der Waals surface area contributed by atoms with Crippen LogP contribution in [0.2, 0.25) is 0 Å². The van der Waals surface area contributed by atoms with Crippen LogP contribution >= 0.6 is 15.9 Å². The predicted molar refractivity (Wildman–Crippen MR) is 62.9 cm³/mol. The summed E-state index contributed by atoms with van der Waals surface area (Å²) in [7, 11) is 0. The molecule has 16 heavy (non-hydrogen) atoms. The lowest BCUT2D eigenvalue weighted by Crippen LogP contribution is -2.17. The Hall–Kier alpha value is -1.23. The van der Waals surface area contributed by atoms with Crippen LogP contribution < -0.4 is 0 Å². The molecule has 1 rings (SSSR count). The fourth-order valence-electron chi connectivity index (χ4n) is 1.13. The van der Waals surface area contributed by atoms with E-state index in [0.717, 1.165) is 0 Å². The number of rotatable bonds is 4. The topological polar surface area (TPSA) is 56.3 Å². The maximum atomic E-state index is 11.6. The van der Waals surface area contributed by atoms with Crippen molar-refractivity contribution >= 4 is 27.7 Å². The average molecular weight is 286 g/mol. The summed E-state index contributed by atoms with van der Waals surface area (Å²) >= 11 is 3.06. The molecular formula is C11H12BrNO3. The molecule has 0 spiro atoms. The second kappa shape index (κ2) is 5.75. The van der Waals surface area contributed by atoms with Crippen LogP contribution in [0, 0.1) is 0 Å². The van der Waals surface area contributed by atoms with E-state index in [2.05, 4.69) is 20.9 Å². The van der Waals surface area contributed by atoms with E-state index in [9.17, 15) is 9.59 Å². The van der Waals surface area contributed by atoms with Gasteiger partial charge in [-0.3, -0.25) is 4.79 Å². The summed E-state index contributed by atoms with van der Waals surface area (Å²) < 4.78 is 5.00. The number of Topliss-reactive ketones (excluding diaryl/α,β-unsaturated/α-hetero) is 1. The second-order valence-corrected chi connectivity index (χ2v) is 3.97. The number of aromatic nitrogens is 1. The van der Waals surface area contributed by atoms with Gasteiger partial charge in [0.05, 0.1) is 17.0 Å². The first-order valence-corrected chi connectivity index (χ1v) is 5.93. The quantitative estimate of drug-likeness (QED) is 0.484. The van der Waals surface area contributed by atoms with Crippen molar-refractivity contribution in [1.29, 1.82) is 0 Å². The third kappa shape index (κ3) is 3.13. The molecule has 0 bridgehead atoms. The van der Waals surface area contributed by atoms with Crippen molar-refractivity contribution < 1.29 is 14.3 Å². The first-order valence-electron chi connectivity index (χ1n) is 4.81. The van der Waals surface area contributed by atoms with Gasteiger partial charge in [-0.1, -0.05) is 15.9 Å². The Bertz CT molecular complexity index is 404. The van der Waals surface area contributed by atoms with Crippen molar-refractivity contribution in [3.63, 3.8) is 0 Å². The molecule has 0 amide bonds. The molecule has 0 aliphatic heterocycles. The molecule has 0 unspecified atom stereocenters. The minimum absolute atomic E-state index is 0.0700. The van der Waals surface area contributed by atoms with Crippen molar-refractivity contribution in [2.24, 2.45) is 0 Å². The van der Waals surface area contributed by atoms with Gasteiger partial charge in [-0.2, -0.15) is 0 Å². The molecule has 0 saturated heterocycles. The van der Waals surface area contributed by atoms with Crippen LogP contribution in [-0.4, -0.2) is 28.2 Å². The second-order valence-electron chi connectivity index (χ2n) is 3.41. The molecule has 1 heterocycles. The SMILES string of the molecule is CC(C)OC(=O)c1ncccc1C(=O)CBr. The zero-order valence-corrected chi connectivity index (χ0v) is 10.7. The number of pyridine rings is 1. The van der Waals surface area contributed by atoms with E-state index in [1.807, 2.05) is 0 Å². The summed E-state index contributed by atoms with van der Waals surface area (Å²) in [5, 5.41) is 0.153. The van der Waals surface area contributed by atoms with Gasteiger partial charge < -0.3 is 4.74 Å². The Labute approximate surface area is 102 Å². The summed E-state index contributed by atoms with van der Waals surface area (Å²) in [6, 6.07) is 3.18. The maximum absolute atomic E-state index is 11.6. The minimum atomic E-state index is -0.570. The number of ketones is 1. The van der Waals surface area contributed by atoms with Crippen molar-refractivity contribution in [2.45, 2.75) is 20.0 Å². The summed E-state index contributed by atoms with van der Waals surface area (Å²) in [6.45, 7) is 3.49. The number of carbonyl (C=O) groups is 2. The lowest BCUT2D eigenvalue weighted by molar-refractivity contribution is 0.0368. The van der Waals surface area contributed by atoms with Crippen molar-refractivity contribution in [2.75, 3.05) is 5.33 Å². The zero-order chi connectivity index (χ0) is 12.1. The highest BCUT2D eigenvalue weighted by Crippen LogP contribution is 2.10. The highest BCUT2D eigenvalue weighted by Gasteiger charge is 2.19. The molecule has 0 fully saturated rings. The van der Waals surface area contributed by atoms with Gasteiger partial charge in [-0.25, -0.2) is 9.78 Å². The molecule has 0 aliphatic rings. The van der Waals surface area contributed by atoms with Gasteiger partial charge in [0.15, 0.2) is 11.5 Å². The Morgan fingerprint density at radius 1 is 1.50 bits per heavy atom. The molecule has 1 aromatic heterocycles. The first-order chi connectivity index (χ1) is 7.56. The summed E-state index contributed by atoms with van der Waals surface area (Å²) in [5.41, 5.74) is 0.352. The van der Waals surface area contributed by atoms with Crippen molar-refractivity contribution in [3.05, 3.63) is 29.6 Å². The van der Waals surface area contributed by atoms with Crippen LogP contribution in [0.3, 0.4) is 0 Å². The number of alkyl halides is 1. The normalized spacial score (nSPS) is 10.2. The van der Waals surface area contributed by atoms with Crippen LogP contribution in [-0.2, 0) is 4.74 Å². The van der Waals surface area contributed by atoms with Crippen molar-refractivity contribution in [3.8, 4) is 0 Å². The molecule has 0 radical (unpaired) electrons. The number of carbonyl (C=O) groups excluding carboxylic acids is 2. The van der Waals surface area contributed by atoms with Gasteiger partial charge in [0, 0.05) is 6.20 Å². The van der Waals surface area contributed by atoms with E-state index < -0.39 is 5.97 Å². The van der Waals surface area contributed by atoms with Gasteiger partial charge in [-0.15, -0.1) is 0 Å². The fourth-order valence-corrected chi connectivity index (χ4v) is 1.44. The molecule has 0 N–H and O–H groups in total. The Balaban J connectivity index is 3.03. The number of halogens is 1. The Morgan fingerprint density at radius 3 is 2.75 bits per heavy atom. The summed E-state index contributed by atoms with van der Waals surface area (Å²) in [6.07, 6.45) is 1.23. The average Bonchev–Trinajstić information content (AvgIpc) is 2.27. The van der Waals surface area contributed by atoms with Crippen LogP contribution in [0.1, 0.15) is 34.7 Å². The van der Waals surface area contributed by atoms with Gasteiger partial charge in [-0.05, 0) is 26.0 Å². The van der Waals surface area contributed by atoms with Crippen LogP contribution in [0.4, 0.5) is 0 Å². The molecular weight excluding hydrogens is 274 g/mol. The molecule has 0 saturated carbocycles. The lowest BCUT2D eigenvalue weighted by Gasteiger charge is -2.09. The number of nitrogens with zero attached hydrogens (tertiary/aromatic N) is 1. The van der Waals surface area contributed by atoms with Gasteiger partial charge in [0.25, 0.3) is 0 Å². The molecule has 86 valence electrons. The number of esters is 1. The molecule has 1 aromatic rings. The van der Waals surface area contributed by atoms with E-state index in [-0.39, 0.29) is 28.5 Å². The van der Waals surface area contributed by atoms with E-state index in [1.54, 1.807) is 26.0 Å². The van der Waals surface area contributed by atoms with E-state index in [0.29, 0.717) is 0 Å². The van der Waals surface area contributed by atoms with Gasteiger partial charge in [0.1, 0.15) is 0 Å². The predicted octanol–water partition coefficient (Wildman–Crippen LogP) is 2.22. The number of hydrogen-bond acceptors (Lipinski definition) is 4. The van der Waals surface area contributed by atoms with Crippen LogP contribution in [0.5, 0.6) is 0 Å². The summed E-state index contributed by atoms with van der Waals surface area (Å²) in [5.74, 6) is -0.760. The van der Waals surface area contributed by atoms with E-state index in [1.165, 1.54) is 6.20 Å². The Kier molecular flexibility index (Phi) is 4.61. The zero-order valence-electron chi connectivity index (χ0n) is 9.07. The summed E-state index contributed by atoms with van der Waals surface area (Å²) in [4.78, 5) is 27.1. The molecule has 0 aliphatic carbocycles. The van der Waals surface area contributed by atoms with E-state index in [4.69, 9.17) is 4.74 Å². The smallest absolute Gasteiger partial charge is 0.357 e. The largest absolute Gasteiger partial charge is 0.458 e. The molecule has 0 atom stereocenters. The third-order valence-electron chi connectivity index (χ3n) is 1.77. The van der Waals surface area contributed by atoms with Crippen LogP contribution in [0.25, 0.3) is 0 Å². The highest BCUT2D eigenvalue weighted by atomic mass is 79.9. The van der Waals surface area contributed by atoms with Crippen molar-refractivity contribution in [1.82, 2.24) is 4.98 Å². The maximum Gasteiger partial charge on any atom is 0.357 e. The standard InChI is InChI=1S/C11H12BrNO3/c1-7(2)16-11(15)10-8(9(14)6-12)4-3-5-13-10/h3-5,7H,6H2,1-2H3. The van der Waals surface area contributed by atoms with Crippen LogP contribution in [0.15, 0.2) is 18.3 Å². The van der Waals surface area contributed by atoms with Gasteiger partial charge in [0.2, 0.25) is 0 Å². The highest BCUT2D eigenvalue weighted by molar-refractivity contribution is 9.09. The van der Waals surface area contributed by atoms with Gasteiger partial charge >= 0.3 is 5.97 Å². The minimum Gasteiger partial charge on any atom is -0.458 e.